The lowest BCUT2D eigenvalue weighted by Crippen LogP contribution is -1.88. The Labute approximate surface area is 125 Å². The SMILES string of the molecule is Cc1nc(Cc2nnc(SCc3ccccc3)o2)cs1. The van der Waals surface area contributed by atoms with Gasteiger partial charge in [-0.1, -0.05) is 42.1 Å². The molecule has 2 heterocycles. The van der Waals surface area contributed by atoms with Crippen molar-refractivity contribution in [3.8, 4) is 0 Å². The lowest BCUT2D eigenvalue weighted by atomic mass is 10.2. The van der Waals surface area contributed by atoms with Crippen LogP contribution in [0.1, 0.15) is 22.2 Å². The second-order valence-corrected chi connectivity index (χ2v) is 6.26. The molecule has 0 radical (unpaired) electrons. The first-order chi connectivity index (χ1) is 9.79. The molecule has 1 aromatic carbocycles. The number of nitrogens with zero attached hydrogens (tertiary/aromatic N) is 3. The molecule has 0 unspecified atom stereocenters. The standard InChI is InChI=1S/C14H13N3OS2/c1-10-15-12(9-19-10)7-13-16-17-14(18-13)20-8-11-5-3-2-4-6-11/h2-6,9H,7-8H2,1H3. The fourth-order valence-corrected chi connectivity index (χ4v) is 3.08. The molecule has 0 N–H and O–H groups in total. The summed E-state index contributed by atoms with van der Waals surface area (Å²) in [6, 6.07) is 10.2. The van der Waals surface area contributed by atoms with Gasteiger partial charge >= 0.3 is 0 Å². The van der Waals surface area contributed by atoms with Gasteiger partial charge in [0, 0.05) is 11.1 Å². The fraction of sp³-hybridized carbons (Fsp3) is 0.214. The number of benzene rings is 1. The molecule has 102 valence electrons. The molecule has 0 saturated heterocycles. The van der Waals surface area contributed by atoms with Gasteiger partial charge in [0.15, 0.2) is 0 Å². The van der Waals surface area contributed by atoms with Gasteiger partial charge in [-0.05, 0) is 12.5 Å². The van der Waals surface area contributed by atoms with Crippen LogP contribution in [0.2, 0.25) is 0 Å². The molecule has 2 aromatic heterocycles. The Morgan fingerprint density at radius 3 is 2.80 bits per heavy atom. The van der Waals surface area contributed by atoms with Crippen molar-refractivity contribution >= 4 is 23.1 Å². The maximum atomic E-state index is 5.62. The van der Waals surface area contributed by atoms with Crippen LogP contribution in [0.25, 0.3) is 0 Å². The molecule has 0 atom stereocenters. The van der Waals surface area contributed by atoms with Crippen LogP contribution < -0.4 is 0 Å². The van der Waals surface area contributed by atoms with Crippen molar-refractivity contribution in [2.45, 2.75) is 24.3 Å². The highest BCUT2D eigenvalue weighted by atomic mass is 32.2. The molecule has 0 aliphatic carbocycles. The molecule has 20 heavy (non-hydrogen) atoms. The van der Waals surface area contributed by atoms with Crippen LogP contribution in [0, 0.1) is 6.92 Å². The van der Waals surface area contributed by atoms with Crippen molar-refractivity contribution in [2.24, 2.45) is 0 Å². The van der Waals surface area contributed by atoms with Crippen molar-refractivity contribution in [3.05, 3.63) is 57.9 Å². The maximum absolute atomic E-state index is 5.62. The van der Waals surface area contributed by atoms with E-state index in [-0.39, 0.29) is 0 Å². The Bertz CT molecular complexity index is 679. The lowest BCUT2D eigenvalue weighted by molar-refractivity contribution is 0.419. The topological polar surface area (TPSA) is 51.8 Å². The number of thiazole rings is 1. The third-order valence-corrected chi connectivity index (χ3v) is 4.36. The second-order valence-electron chi connectivity index (χ2n) is 4.27. The summed E-state index contributed by atoms with van der Waals surface area (Å²) in [5.41, 5.74) is 2.23. The molecule has 6 heteroatoms. The molecule has 0 bridgehead atoms. The molecule has 0 saturated carbocycles. The highest BCUT2D eigenvalue weighted by Crippen LogP contribution is 2.22. The molecule has 0 spiro atoms. The van der Waals surface area contributed by atoms with Gasteiger partial charge in [0.2, 0.25) is 5.89 Å². The Balaban J connectivity index is 1.59. The van der Waals surface area contributed by atoms with E-state index in [4.69, 9.17) is 4.42 Å². The summed E-state index contributed by atoms with van der Waals surface area (Å²) in [5, 5.41) is 11.8. The van der Waals surface area contributed by atoms with E-state index in [1.807, 2.05) is 30.5 Å². The number of hydrogen-bond acceptors (Lipinski definition) is 6. The molecule has 0 aliphatic rings. The summed E-state index contributed by atoms with van der Waals surface area (Å²) < 4.78 is 5.62. The summed E-state index contributed by atoms with van der Waals surface area (Å²) >= 11 is 3.18. The normalized spacial score (nSPS) is 10.8. The third-order valence-electron chi connectivity index (χ3n) is 2.65. The highest BCUT2D eigenvalue weighted by Gasteiger charge is 2.09. The molecule has 3 aromatic rings. The molecule has 0 aliphatic heterocycles. The van der Waals surface area contributed by atoms with E-state index in [1.54, 1.807) is 23.1 Å². The average Bonchev–Trinajstić information content (AvgIpc) is 3.08. The van der Waals surface area contributed by atoms with Crippen molar-refractivity contribution in [1.29, 1.82) is 0 Å². The van der Waals surface area contributed by atoms with Gasteiger partial charge in [-0.25, -0.2) is 4.98 Å². The average molecular weight is 303 g/mol. The number of aromatic nitrogens is 3. The number of rotatable bonds is 5. The largest absolute Gasteiger partial charge is 0.416 e. The first-order valence-corrected chi connectivity index (χ1v) is 8.06. The predicted molar refractivity (Wildman–Crippen MR) is 80.0 cm³/mol. The van der Waals surface area contributed by atoms with Crippen LogP contribution in [-0.2, 0) is 12.2 Å². The molecule has 0 fully saturated rings. The van der Waals surface area contributed by atoms with Gasteiger partial charge in [0.1, 0.15) is 0 Å². The number of hydrogen-bond donors (Lipinski definition) is 0. The van der Waals surface area contributed by atoms with Gasteiger partial charge in [-0.15, -0.1) is 21.5 Å². The van der Waals surface area contributed by atoms with Crippen molar-refractivity contribution < 1.29 is 4.42 Å². The first kappa shape index (κ1) is 13.3. The van der Waals surface area contributed by atoms with Crippen molar-refractivity contribution in [1.82, 2.24) is 15.2 Å². The zero-order valence-corrected chi connectivity index (χ0v) is 12.6. The first-order valence-electron chi connectivity index (χ1n) is 6.20. The van der Waals surface area contributed by atoms with E-state index < -0.39 is 0 Å². The molecule has 3 rings (SSSR count). The Morgan fingerprint density at radius 2 is 2.05 bits per heavy atom. The van der Waals surface area contributed by atoms with Crippen LogP contribution in [0.5, 0.6) is 0 Å². The van der Waals surface area contributed by atoms with Gasteiger partial charge in [-0.3, -0.25) is 0 Å². The van der Waals surface area contributed by atoms with Gasteiger partial charge in [0.05, 0.1) is 17.1 Å². The number of thioether (sulfide) groups is 1. The Kier molecular flexibility index (Phi) is 4.13. The van der Waals surface area contributed by atoms with E-state index >= 15 is 0 Å². The quantitative estimate of drug-likeness (QED) is 0.672. The highest BCUT2D eigenvalue weighted by molar-refractivity contribution is 7.98. The Morgan fingerprint density at radius 1 is 1.20 bits per heavy atom. The van der Waals surface area contributed by atoms with Crippen molar-refractivity contribution in [2.75, 3.05) is 0 Å². The van der Waals surface area contributed by atoms with E-state index in [1.165, 1.54) is 5.56 Å². The summed E-state index contributed by atoms with van der Waals surface area (Å²) in [7, 11) is 0. The maximum Gasteiger partial charge on any atom is 0.276 e. The Hall–Kier alpha value is -1.66. The fourth-order valence-electron chi connectivity index (χ4n) is 1.73. The molecule has 0 amide bonds. The molecular weight excluding hydrogens is 290 g/mol. The van der Waals surface area contributed by atoms with Crippen LogP contribution in [0.4, 0.5) is 0 Å². The van der Waals surface area contributed by atoms with Gasteiger partial charge in [0.25, 0.3) is 5.22 Å². The minimum absolute atomic E-state index is 0.600. The second kappa shape index (κ2) is 6.19. The van der Waals surface area contributed by atoms with E-state index in [9.17, 15) is 0 Å². The number of aryl methyl sites for hydroxylation is 1. The van der Waals surface area contributed by atoms with E-state index in [0.29, 0.717) is 17.5 Å². The summed E-state index contributed by atoms with van der Waals surface area (Å²) in [6.45, 7) is 1.99. The van der Waals surface area contributed by atoms with Crippen LogP contribution in [0.15, 0.2) is 45.4 Å². The summed E-state index contributed by atoms with van der Waals surface area (Å²) in [4.78, 5) is 4.39. The zero-order chi connectivity index (χ0) is 13.8. The predicted octanol–water partition coefficient (Wildman–Crippen LogP) is 3.72. The summed E-state index contributed by atoms with van der Waals surface area (Å²) in [6.07, 6.45) is 0.600. The van der Waals surface area contributed by atoms with Crippen LogP contribution in [-0.4, -0.2) is 15.2 Å². The third kappa shape index (κ3) is 3.46. The summed E-state index contributed by atoms with van der Waals surface area (Å²) in [5.74, 6) is 1.45. The lowest BCUT2D eigenvalue weighted by Gasteiger charge is -1.96. The zero-order valence-electron chi connectivity index (χ0n) is 10.9. The smallest absolute Gasteiger partial charge is 0.276 e. The minimum atomic E-state index is 0.600. The van der Waals surface area contributed by atoms with E-state index in [2.05, 4.69) is 27.3 Å². The monoisotopic (exact) mass is 303 g/mol. The van der Waals surface area contributed by atoms with Crippen LogP contribution in [0.3, 0.4) is 0 Å². The van der Waals surface area contributed by atoms with Gasteiger partial charge in [-0.2, -0.15) is 0 Å². The molecule has 4 nitrogen and oxygen atoms in total. The molecular formula is C14H13N3OS2. The van der Waals surface area contributed by atoms with Crippen LogP contribution >= 0.6 is 23.1 Å². The van der Waals surface area contributed by atoms with Crippen molar-refractivity contribution in [3.63, 3.8) is 0 Å². The minimum Gasteiger partial charge on any atom is -0.416 e. The van der Waals surface area contributed by atoms with E-state index in [0.717, 1.165) is 16.5 Å². The van der Waals surface area contributed by atoms with Gasteiger partial charge < -0.3 is 4.42 Å².